The number of methoxy groups -OCH3 is 2. The maximum Gasteiger partial charge on any atom is 0.324 e. The van der Waals surface area contributed by atoms with Gasteiger partial charge in [-0.1, -0.05) is 0 Å². The lowest BCUT2D eigenvalue weighted by atomic mass is 10.1. The fourth-order valence-corrected chi connectivity index (χ4v) is 2.96. The second kappa shape index (κ2) is 7.54. The molecule has 10 nitrogen and oxygen atoms in total. The Morgan fingerprint density at radius 3 is 2.27 bits per heavy atom. The Hall–Kier alpha value is -2.91. The summed E-state index contributed by atoms with van der Waals surface area (Å²) in [6.07, 6.45) is 1.58. The minimum absolute atomic E-state index is 0.0968. The van der Waals surface area contributed by atoms with Gasteiger partial charge < -0.3 is 19.7 Å². The third-order valence-electron chi connectivity index (χ3n) is 4.30. The molecule has 140 valence electrons. The molecule has 0 atom stereocenters. The number of ether oxygens (including phenoxy) is 2. The largest absolute Gasteiger partial charge is 0.467 e. The van der Waals surface area contributed by atoms with Gasteiger partial charge in [-0.15, -0.1) is 4.98 Å². The molecule has 0 saturated carbocycles. The van der Waals surface area contributed by atoms with Gasteiger partial charge in [-0.3, -0.25) is 9.48 Å². The third kappa shape index (κ3) is 3.84. The summed E-state index contributed by atoms with van der Waals surface area (Å²) in [4.78, 5) is 27.0. The van der Waals surface area contributed by atoms with E-state index in [9.17, 15) is 4.79 Å². The number of nitrogens with one attached hydrogen (secondary N) is 1. The zero-order chi connectivity index (χ0) is 18.7. The Morgan fingerprint density at radius 2 is 1.77 bits per heavy atom. The van der Waals surface area contributed by atoms with Crippen molar-refractivity contribution in [2.45, 2.75) is 25.8 Å². The number of amides is 1. The van der Waals surface area contributed by atoms with Crippen LogP contribution in [0.3, 0.4) is 0 Å². The molecule has 1 saturated heterocycles. The molecule has 1 fully saturated rings. The molecule has 3 heterocycles. The van der Waals surface area contributed by atoms with E-state index in [0.717, 1.165) is 18.5 Å². The molecule has 0 aromatic carbocycles. The van der Waals surface area contributed by atoms with Crippen LogP contribution in [0.15, 0.2) is 6.07 Å². The molecule has 0 spiro atoms. The summed E-state index contributed by atoms with van der Waals surface area (Å²) in [5, 5.41) is 7.29. The van der Waals surface area contributed by atoms with Gasteiger partial charge in [0.15, 0.2) is 0 Å². The van der Waals surface area contributed by atoms with Crippen LogP contribution < -0.4 is 19.7 Å². The first-order valence-corrected chi connectivity index (χ1v) is 8.40. The van der Waals surface area contributed by atoms with Gasteiger partial charge in [-0.25, -0.2) is 0 Å². The van der Waals surface area contributed by atoms with Crippen LogP contribution in [0.2, 0.25) is 0 Å². The third-order valence-corrected chi connectivity index (χ3v) is 4.30. The second-order valence-corrected chi connectivity index (χ2v) is 6.14. The van der Waals surface area contributed by atoms with Gasteiger partial charge >= 0.3 is 12.0 Å². The predicted molar refractivity (Wildman–Crippen MR) is 93.6 cm³/mol. The van der Waals surface area contributed by atoms with E-state index < -0.39 is 0 Å². The molecule has 1 aliphatic rings. The molecular formula is C16H23N7O3. The Labute approximate surface area is 151 Å². The van der Waals surface area contributed by atoms with Crippen molar-refractivity contribution in [1.82, 2.24) is 30.0 Å². The van der Waals surface area contributed by atoms with Gasteiger partial charge in [-0.05, 0) is 25.8 Å². The predicted octanol–water partition coefficient (Wildman–Crippen LogP) is 0.330. The Kier molecular flexibility index (Phi) is 5.19. The highest BCUT2D eigenvalue weighted by Crippen LogP contribution is 2.20. The van der Waals surface area contributed by atoms with Gasteiger partial charge in [0.25, 0.3) is 5.91 Å². The number of piperidine rings is 1. The van der Waals surface area contributed by atoms with E-state index in [1.54, 1.807) is 17.8 Å². The number of carbonyl (C=O) groups excluding carboxylic acids is 1. The van der Waals surface area contributed by atoms with Crippen molar-refractivity contribution >= 4 is 11.9 Å². The van der Waals surface area contributed by atoms with Gasteiger partial charge in [-0.2, -0.15) is 15.1 Å². The fourth-order valence-electron chi connectivity index (χ4n) is 2.96. The van der Waals surface area contributed by atoms with Crippen molar-refractivity contribution in [1.29, 1.82) is 0 Å². The maximum atomic E-state index is 12.4. The first-order chi connectivity index (χ1) is 12.5. The SMILES string of the molecule is COc1nc(OC)nc(N2CCC(NC(=O)c3cc(C)nn3C)CC2)n1. The van der Waals surface area contributed by atoms with Crippen molar-refractivity contribution in [3.8, 4) is 12.0 Å². The average molecular weight is 361 g/mol. The molecule has 0 unspecified atom stereocenters. The Morgan fingerprint density at radius 1 is 1.15 bits per heavy atom. The van der Waals surface area contributed by atoms with Gasteiger partial charge in [0.05, 0.1) is 19.9 Å². The van der Waals surface area contributed by atoms with Crippen LogP contribution in [-0.4, -0.2) is 64.0 Å². The highest BCUT2D eigenvalue weighted by Gasteiger charge is 2.24. The lowest BCUT2D eigenvalue weighted by molar-refractivity contribution is 0.0921. The first kappa shape index (κ1) is 17.9. The quantitative estimate of drug-likeness (QED) is 0.812. The van der Waals surface area contributed by atoms with Crippen LogP contribution in [0.25, 0.3) is 0 Å². The molecule has 3 rings (SSSR count). The van der Waals surface area contributed by atoms with Gasteiger partial charge in [0.2, 0.25) is 5.95 Å². The highest BCUT2D eigenvalue weighted by molar-refractivity contribution is 5.92. The average Bonchev–Trinajstić information content (AvgIpc) is 3.00. The Bertz CT molecular complexity index is 762. The monoisotopic (exact) mass is 361 g/mol. The lowest BCUT2D eigenvalue weighted by Crippen LogP contribution is -2.45. The number of hydrogen-bond acceptors (Lipinski definition) is 8. The normalized spacial score (nSPS) is 15.0. The van der Waals surface area contributed by atoms with Crippen LogP contribution in [-0.2, 0) is 7.05 Å². The molecule has 0 radical (unpaired) electrons. The molecule has 10 heteroatoms. The summed E-state index contributed by atoms with van der Waals surface area (Å²) in [5.74, 6) is 0.413. The zero-order valence-electron chi connectivity index (χ0n) is 15.4. The summed E-state index contributed by atoms with van der Waals surface area (Å²) >= 11 is 0. The molecular weight excluding hydrogens is 338 g/mol. The standard InChI is InChI=1S/C16H23N7O3/c1-10-9-12(22(2)21-10)13(24)17-11-5-7-23(8-6-11)14-18-15(25-3)20-16(19-14)26-4/h9,11H,5-8H2,1-4H3,(H,17,24). The van der Waals surface area contributed by atoms with Gasteiger partial charge in [0, 0.05) is 26.2 Å². The minimum Gasteiger partial charge on any atom is -0.467 e. The summed E-state index contributed by atoms with van der Waals surface area (Å²) in [7, 11) is 4.77. The second-order valence-electron chi connectivity index (χ2n) is 6.14. The van der Waals surface area contributed by atoms with Crippen molar-refractivity contribution in [2.24, 2.45) is 7.05 Å². The van der Waals surface area contributed by atoms with E-state index in [4.69, 9.17) is 9.47 Å². The van der Waals surface area contributed by atoms with E-state index in [1.165, 1.54) is 14.2 Å². The zero-order valence-corrected chi connectivity index (χ0v) is 15.4. The van der Waals surface area contributed by atoms with Crippen LogP contribution in [0, 0.1) is 6.92 Å². The molecule has 1 amide bonds. The summed E-state index contributed by atoms with van der Waals surface area (Å²) in [6.45, 7) is 3.30. The number of nitrogens with zero attached hydrogens (tertiary/aromatic N) is 6. The number of hydrogen-bond donors (Lipinski definition) is 1. The number of carbonyl (C=O) groups is 1. The van der Waals surface area contributed by atoms with Crippen molar-refractivity contribution in [3.63, 3.8) is 0 Å². The van der Waals surface area contributed by atoms with Crippen molar-refractivity contribution in [3.05, 3.63) is 17.5 Å². The van der Waals surface area contributed by atoms with Crippen LogP contribution in [0.1, 0.15) is 29.0 Å². The maximum absolute atomic E-state index is 12.4. The van der Waals surface area contributed by atoms with Crippen molar-refractivity contribution in [2.75, 3.05) is 32.2 Å². The van der Waals surface area contributed by atoms with Gasteiger partial charge in [0.1, 0.15) is 5.69 Å². The number of aromatic nitrogens is 5. The van der Waals surface area contributed by atoms with E-state index in [-0.39, 0.29) is 24.0 Å². The smallest absolute Gasteiger partial charge is 0.324 e. The summed E-state index contributed by atoms with van der Waals surface area (Å²) < 4.78 is 11.8. The van der Waals surface area contributed by atoms with Crippen LogP contribution in [0.4, 0.5) is 5.95 Å². The lowest BCUT2D eigenvalue weighted by Gasteiger charge is -2.32. The number of aryl methyl sites for hydroxylation is 2. The highest BCUT2D eigenvalue weighted by atomic mass is 16.5. The van der Waals surface area contributed by atoms with E-state index in [1.807, 2.05) is 11.8 Å². The molecule has 0 bridgehead atoms. The summed E-state index contributed by atoms with van der Waals surface area (Å²) in [5.41, 5.74) is 1.39. The molecule has 2 aromatic heterocycles. The Balaban J connectivity index is 1.61. The summed E-state index contributed by atoms with van der Waals surface area (Å²) in [6, 6.07) is 2.32. The molecule has 0 aliphatic carbocycles. The van der Waals surface area contributed by atoms with E-state index >= 15 is 0 Å². The number of rotatable bonds is 5. The first-order valence-electron chi connectivity index (χ1n) is 8.40. The topological polar surface area (TPSA) is 107 Å². The van der Waals surface area contributed by atoms with Crippen LogP contribution in [0.5, 0.6) is 12.0 Å². The molecule has 1 aliphatic heterocycles. The van der Waals surface area contributed by atoms with E-state index in [0.29, 0.717) is 24.7 Å². The molecule has 2 aromatic rings. The van der Waals surface area contributed by atoms with Crippen molar-refractivity contribution < 1.29 is 14.3 Å². The van der Waals surface area contributed by atoms with Crippen LogP contribution >= 0.6 is 0 Å². The minimum atomic E-state index is -0.102. The number of anilines is 1. The molecule has 1 N–H and O–H groups in total. The fraction of sp³-hybridized carbons (Fsp3) is 0.562. The molecule has 26 heavy (non-hydrogen) atoms. The van der Waals surface area contributed by atoms with E-state index in [2.05, 4.69) is 25.4 Å².